The zero-order valence-corrected chi connectivity index (χ0v) is 17.2. The third kappa shape index (κ3) is 5.57. The minimum atomic E-state index is -4.86. The minimum Gasteiger partial charge on any atom is -0.504 e. The van der Waals surface area contributed by atoms with E-state index in [4.69, 9.17) is 10.6 Å². The standard InChI is InChI=1S/C20H22F3N3O5/c1-19(2,3)31-18(30)26(24)14-9-11(5-7-13(14)20(21,22)23)17(29)25(4)12-6-8-15(27)16(28)10-12/h5-10,27-28H,24H2,1-4H3. The number of alkyl halides is 3. The first-order chi connectivity index (χ1) is 14.1. The highest BCUT2D eigenvalue weighted by Gasteiger charge is 2.37. The number of hydrogen-bond donors (Lipinski definition) is 3. The fraction of sp³-hybridized carbons (Fsp3) is 0.300. The molecule has 0 saturated carbocycles. The Bertz CT molecular complexity index is 1000. The highest BCUT2D eigenvalue weighted by molar-refractivity contribution is 6.07. The number of benzene rings is 2. The van der Waals surface area contributed by atoms with E-state index in [0.29, 0.717) is 6.07 Å². The molecule has 0 heterocycles. The summed E-state index contributed by atoms with van der Waals surface area (Å²) < 4.78 is 45.4. The first kappa shape index (κ1) is 23.8. The second-order valence-electron chi connectivity index (χ2n) is 7.62. The van der Waals surface area contributed by atoms with Crippen LogP contribution in [0.2, 0.25) is 0 Å². The molecule has 0 unspecified atom stereocenters. The molecular formula is C20H22F3N3O5. The van der Waals surface area contributed by atoms with Crippen molar-refractivity contribution in [2.75, 3.05) is 17.0 Å². The Morgan fingerprint density at radius 3 is 2.13 bits per heavy atom. The molecule has 2 aromatic rings. The molecule has 0 aliphatic carbocycles. The Labute approximate surface area is 176 Å². The van der Waals surface area contributed by atoms with Crippen molar-refractivity contribution in [2.24, 2.45) is 5.84 Å². The summed E-state index contributed by atoms with van der Waals surface area (Å²) in [7, 11) is 1.32. The lowest BCUT2D eigenvalue weighted by Gasteiger charge is -2.26. The lowest BCUT2D eigenvalue weighted by molar-refractivity contribution is -0.137. The van der Waals surface area contributed by atoms with Crippen LogP contribution in [0, 0.1) is 0 Å². The molecule has 11 heteroatoms. The van der Waals surface area contributed by atoms with Gasteiger partial charge in [0, 0.05) is 24.4 Å². The number of rotatable bonds is 3. The average molecular weight is 441 g/mol. The first-order valence-corrected chi connectivity index (χ1v) is 8.91. The first-order valence-electron chi connectivity index (χ1n) is 8.91. The van der Waals surface area contributed by atoms with Gasteiger partial charge < -0.3 is 19.8 Å². The number of halogens is 3. The molecule has 0 aromatic heterocycles. The van der Waals surface area contributed by atoms with E-state index in [9.17, 15) is 33.0 Å². The van der Waals surface area contributed by atoms with Crippen LogP contribution >= 0.6 is 0 Å². The van der Waals surface area contributed by atoms with Gasteiger partial charge in [0.2, 0.25) is 0 Å². The molecule has 0 fully saturated rings. The third-order valence-corrected chi connectivity index (χ3v) is 4.05. The molecule has 0 spiro atoms. The average Bonchev–Trinajstić information content (AvgIpc) is 2.65. The Morgan fingerprint density at radius 1 is 1.00 bits per heavy atom. The zero-order valence-electron chi connectivity index (χ0n) is 17.2. The maximum Gasteiger partial charge on any atom is 0.429 e. The maximum atomic E-state index is 13.5. The van der Waals surface area contributed by atoms with Crippen LogP contribution in [0.4, 0.5) is 29.3 Å². The second-order valence-corrected chi connectivity index (χ2v) is 7.62. The van der Waals surface area contributed by atoms with Gasteiger partial charge in [0.25, 0.3) is 5.91 Å². The molecule has 168 valence electrons. The number of carbonyl (C=O) groups excluding carboxylic acids is 2. The predicted octanol–water partition coefficient (Wildman–Crippen LogP) is 4.01. The van der Waals surface area contributed by atoms with Crippen molar-refractivity contribution in [2.45, 2.75) is 32.5 Å². The summed E-state index contributed by atoms with van der Waals surface area (Å²) in [4.78, 5) is 26.1. The zero-order chi connectivity index (χ0) is 23.7. The van der Waals surface area contributed by atoms with E-state index in [-0.39, 0.29) is 16.3 Å². The number of anilines is 2. The largest absolute Gasteiger partial charge is 0.504 e. The normalized spacial score (nSPS) is 11.7. The molecule has 0 aliphatic heterocycles. The Morgan fingerprint density at radius 2 is 1.61 bits per heavy atom. The third-order valence-electron chi connectivity index (χ3n) is 4.05. The maximum absolute atomic E-state index is 13.5. The summed E-state index contributed by atoms with van der Waals surface area (Å²) in [6.07, 6.45) is -6.09. The molecular weight excluding hydrogens is 419 g/mol. The lowest BCUT2D eigenvalue weighted by Crippen LogP contribution is -2.42. The number of ether oxygens (including phenoxy) is 1. The summed E-state index contributed by atoms with van der Waals surface area (Å²) in [5.74, 6) is 3.97. The van der Waals surface area contributed by atoms with Gasteiger partial charge in [-0.2, -0.15) is 13.2 Å². The smallest absolute Gasteiger partial charge is 0.429 e. The van der Waals surface area contributed by atoms with Gasteiger partial charge in [-0.25, -0.2) is 15.6 Å². The summed E-state index contributed by atoms with van der Waals surface area (Å²) in [6, 6.07) is 5.98. The number of amides is 2. The fourth-order valence-electron chi connectivity index (χ4n) is 2.54. The number of hydrogen-bond acceptors (Lipinski definition) is 6. The van der Waals surface area contributed by atoms with Gasteiger partial charge in [0.15, 0.2) is 11.5 Å². The summed E-state index contributed by atoms with van der Waals surface area (Å²) in [6.45, 7) is 4.56. The van der Waals surface area contributed by atoms with E-state index >= 15 is 0 Å². The van der Waals surface area contributed by atoms with E-state index in [1.54, 1.807) is 0 Å². The van der Waals surface area contributed by atoms with Gasteiger partial charge in [0.05, 0.1) is 11.3 Å². The van der Waals surface area contributed by atoms with Crippen molar-refractivity contribution in [3.05, 3.63) is 47.5 Å². The Hall–Kier alpha value is -3.47. The van der Waals surface area contributed by atoms with Gasteiger partial charge >= 0.3 is 12.3 Å². The number of nitrogens with zero attached hydrogens (tertiary/aromatic N) is 2. The number of nitrogens with two attached hydrogens (primary N) is 1. The highest BCUT2D eigenvalue weighted by atomic mass is 19.4. The van der Waals surface area contributed by atoms with Gasteiger partial charge in [-0.15, -0.1) is 0 Å². The minimum absolute atomic E-state index is 0.165. The molecule has 4 N–H and O–H groups in total. The monoisotopic (exact) mass is 441 g/mol. The molecule has 0 aliphatic rings. The van der Waals surface area contributed by atoms with E-state index in [0.717, 1.165) is 29.2 Å². The SMILES string of the molecule is CN(C(=O)c1ccc(C(F)(F)F)c(N(N)C(=O)OC(C)(C)C)c1)c1ccc(O)c(O)c1. The van der Waals surface area contributed by atoms with E-state index in [1.807, 2.05) is 0 Å². The summed E-state index contributed by atoms with van der Waals surface area (Å²) in [5.41, 5.74) is -3.06. The number of aromatic hydroxyl groups is 2. The lowest BCUT2D eigenvalue weighted by atomic mass is 10.1. The quantitative estimate of drug-likeness (QED) is 0.287. The molecule has 0 bridgehead atoms. The van der Waals surface area contributed by atoms with Crippen LogP contribution < -0.4 is 15.8 Å². The van der Waals surface area contributed by atoms with Crippen LogP contribution in [0.1, 0.15) is 36.7 Å². The molecule has 2 aromatic carbocycles. The van der Waals surface area contributed by atoms with Crippen LogP contribution in [0.3, 0.4) is 0 Å². The molecule has 8 nitrogen and oxygen atoms in total. The van der Waals surface area contributed by atoms with Gasteiger partial charge in [-0.1, -0.05) is 0 Å². The number of hydrazine groups is 1. The van der Waals surface area contributed by atoms with Crippen molar-refractivity contribution < 1.29 is 37.7 Å². The van der Waals surface area contributed by atoms with Gasteiger partial charge in [0.1, 0.15) is 5.60 Å². The number of phenols is 2. The van der Waals surface area contributed by atoms with Crippen LogP contribution in [-0.2, 0) is 10.9 Å². The van der Waals surface area contributed by atoms with Crippen LogP contribution in [-0.4, -0.2) is 34.9 Å². The second kappa shape index (κ2) is 8.34. The topological polar surface area (TPSA) is 116 Å². The molecule has 0 saturated heterocycles. The van der Waals surface area contributed by atoms with Crippen LogP contribution in [0.15, 0.2) is 36.4 Å². The predicted molar refractivity (Wildman–Crippen MR) is 107 cm³/mol. The van der Waals surface area contributed by atoms with E-state index in [1.165, 1.54) is 33.9 Å². The van der Waals surface area contributed by atoms with Crippen molar-refractivity contribution >= 4 is 23.4 Å². The van der Waals surface area contributed by atoms with Crippen molar-refractivity contribution in [1.82, 2.24) is 0 Å². The van der Waals surface area contributed by atoms with Gasteiger partial charge in [-0.05, 0) is 51.1 Å². The van der Waals surface area contributed by atoms with Crippen molar-refractivity contribution in [3.8, 4) is 11.5 Å². The number of phenolic OH excluding ortho intramolecular Hbond substituents is 2. The highest BCUT2D eigenvalue weighted by Crippen LogP contribution is 2.37. The Kier molecular flexibility index (Phi) is 6.41. The molecule has 2 amide bonds. The molecule has 31 heavy (non-hydrogen) atoms. The summed E-state index contributed by atoms with van der Waals surface area (Å²) in [5, 5.41) is 19.2. The fourth-order valence-corrected chi connectivity index (χ4v) is 2.54. The van der Waals surface area contributed by atoms with E-state index in [2.05, 4.69) is 0 Å². The van der Waals surface area contributed by atoms with Crippen molar-refractivity contribution in [3.63, 3.8) is 0 Å². The van der Waals surface area contributed by atoms with Crippen LogP contribution in [0.25, 0.3) is 0 Å². The van der Waals surface area contributed by atoms with Crippen molar-refractivity contribution in [1.29, 1.82) is 0 Å². The number of carbonyl (C=O) groups is 2. The van der Waals surface area contributed by atoms with Gasteiger partial charge in [-0.3, -0.25) is 4.79 Å². The Balaban J connectivity index is 2.47. The van der Waals surface area contributed by atoms with E-state index < -0.39 is 46.5 Å². The van der Waals surface area contributed by atoms with Crippen LogP contribution in [0.5, 0.6) is 11.5 Å². The molecule has 2 rings (SSSR count). The summed E-state index contributed by atoms with van der Waals surface area (Å²) >= 11 is 0. The molecule has 0 atom stereocenters. The molecule has 0 radical (unpaired) electrons.